The van der Waals surface area contributed by atoms with E-state index in [2.05, 4.69) is 0 Å². The molecule has 0 saturated carbocycles. The molecule has 2 atom stereocenters. The van der Waals surface area contributed by atoms with E-state index in [0.717, 1.165) is 24.3 Å². The molecule has 1 N–H and O–H groups in total. The third-order valence-corrected chi connectivity index (χ3v) is 5.47. The SMILES string of the molecule is O=C(O)CC1CC(c2ccc(C(F)(F)F)cc2)CN(Cc2ccc(C(F)(F)F)cc2)C1. The number of hydrogen-bond acceptors (Lipinski definition) is 2. The van der Waals surface area contributed by atoms with Crippen LogP contribution in [0.25, 0.3) is 0 Å². The minimum absolute atomic E-state index is 0.0827. The van der Waals surface area contributed by atoms with E-state index < -0.39 is 29.4 Å². The minimum atomic E-state index is -4.44. The molecule has 0 amide bonds. The van der Waals surface area contributed by atoms with Gasteiger partial charge in [-0.05, 0) is 53.6 Å². The highest BCUT2D eigenvalue weighted by atomic mass is 19.4. The first kappa shape index (κ1) is 23.1. The smallest absolute Gasteiger partial charge is 0.416 e. The Kier molecular flexibility index (Phi) is 6.64. The van der Waals surface area contributed by atoms with Gasteiger partial charge in [0.2, 0.25) is 0 Å². The zero-order valence-electron chi connectivity index (χ0n) is 16.4. The van der Waals surface area contributed by atoms with Crippen LogP contribution in [0, 0.1) is 5.92 Å². The molecule has 168 valence electrons. The van der Waals surface area contributed by atoms with Crippen molar-refractivity contribution in [1.82, 2.24) is 4.90 Å². The number of nitrogens with zero attached hydrogens (tertiary/aromatic N) is 1. The van der Waals surface area contributed by atoms with Gasteiger partial charge in [-0.2, -0.15) is 26.3 Å². The average Bonchev–Trinajstić information content (AvgIpc) is 2.66. The van der Waals surface area contributed by atoms with E-state index >= 15 is 0 Å². The van der Waals surface area contributed by atoms with Crippen molar-refractivity contribution in [3.63, 3.8) is 0 Å². The highest BCUT2D eigenvalue weighted by molar-refractivity contribution is 5.67. The molecule has 1 aliphatic heterocycles. The van der Waals surface area contributed by atoms with Gasteiger partial charge in [-0.3, -0.25) is 9.69 Å². The summed E-state index contributed by atoms with van der Waals surface area (Å²) in [4.78, 5) is 13.2. The molecule has 9 heteroatoms. The van der Waals surface area contributed by atoms with E-state index in [0.29, 0.717) is 37.2 Å². The molecule has 31 heavy (non-hydrogen) atoms. The second-order valence-electron chi connectivity index (χ2n) is 7.91. The summed E-state index contributed by atoms with van der Waals surface area (Å²) in [7, 11) is 0. The summed E-state index contributed by atoms with van der Waals surface area (Å²) >= 11 is 0. The lowest BCUT2D eigenvalue weighted by Gasteiger charge is -2.38. The van der Waals surface area contributed by atoms with Gasteiger partial charge in [-0.25, -0.2) is 0 Å². The largest absolute Gasteiger partial charge is 0.481 e. The molecule has 1 heterocycles. The zero-order valence-corrected chi connectivity index (χ0v) is 16.4. The Hall–Kier alpha value is -2.55. The molecule has 2 aromatic rings. The average molecular weight is 445 g/mol. The second-order valence-corrected chi connectivity index (χ2v) is 7.91. The highest BCUT2D eigenvalue weighted by Gasteiger charge is 2.33. The predicted octanol–water partition coefficient (Wildman–Crippen LogP) is 5.80. The van der Waals surface area contributed by atoms with Crippen molar-refractivity contribution in [2.24, 2.45) is 5.92 Å². The number of benzene rings is 2. The van der Waals surface area contributed by atoms with Crippen LogP contribution in [0.5, 0.6) is 0 Å². The van der Waals surface area contributed by atoms with Crippen molar-refractivity contribution in [2.45, 2.75) is 37.7 Å². The predicted molar refractivity (Wildman–Crippen MR) is 101 cm³/mol. The Morgan fingerprint density at radius 2 is 1.39 bits per heavy atom. The summed E-state index contributed by atoms with van der Waals surface area (Å²) < 4.78 is 76.8. The van der Waals surface area contributed by atoms with Crippen LogP contribution < -0.4 is 0 Å². The van der Waals surface area contributed by atoms with Crippen molar-refractivity contribution in [3.8, 4) is 0 Å². The summed E-state index contributed by atoms with van der Waals surface area (Å²) in [5, 5.41) is 9.18. The first-order chi connectivity index (χ1) is 14.4. The Labute approximate surface area is 175 Å². The summed E-state index contributed by atoms with van der Waals surface area (Å²) in [6.45, 7) is 1.25. The van der Waals surface area contributed by atoms with Crippen LogP contribution in [0.2, 0.25) is 0 Å². The van der Waals surface area contributed by atoms with Gasteiger partial charge in [0.05, 0.1) is 11.1 Å². The van der Waals surface area contributed by atoms with Crippen molar-refractivity contribution < 1.29 is 36.2 Å². The van der Waals surface area contributed by atoms with Crippen molar-refractivity contribution in [1.29, 1.82) is 0 Å². The van der Waals surface area contributed by atoms with Crippen molar-refractivity contribution in [2.75, 3.05) is 13.1 Å². The number of hydrogen-bond donors (Lipinski definition) is 1. The standard InChI is InChI=1S/C22H21F6NO2/c23-21(24,25)18-5-1-14(2-6-18)11-29-12-15(10-20(30)31)9-17(13-29)16-3-7-19(8-4-16)22(26,27)28/h1-8,15,17H,9-13H2,(H,30,31). The van der Waals surface area contributed by atoms with Gasteiger partial charge in [0, 0.05) is 26.1 Å². The maximum absolute atomic E-state index is 12.8. The number of carbonyl (C=O) groups is 1. The van der Waals surface area contributed by atoms with Gasteiger partial charge < -0.3 is 5.11 Å². The number of carboxylic acids is 1. The Balaban J connectivity index is 1.76. The van der Waals surface area contributed by atoms with Gasteiger partial charge >= 0.3 is 18.3 Å². The molecule has 1 saturated heterocycles. The number of carboxylic acid groups (broad SMARTS) is 1. The number of rotatable bonds is 5. The first-order valence-corrected chi connectivity index (χ1v) is 9.69. The first-order valence-electron chi connectivity index (χ1n) is 9.69. The number of alkyl halides is 6. The van der Waals surface area contributed by atoms with Crippen molar-refractivity contribution >= 4 is 5.97 Å². The molecule has 2 aromatic carbocycles. The maximum Gasteiger partial charge on any atom is 0.416 e. The summed E-state index contributed by atoms with van der Waals surface area (Å²) in [5.74, 6) is -1.35. The highest BCUT2D eigenvalue weighted by Crippen LogP contribution is 2.35. The van der Waals surface area contributed by atoms with Gasteiger partial charge in [0.1, 0.15) is 0 Å². The lowest BCUT2D eigenvalue weighted by molar-refractivity contribution is -0.139. The summed E-state index contributed by atoms with van der Waals surface area (Å²) in [6, 6.07) is 9.61. The molecular weight excluding hydrogens is 424 g/mol. The van der Waals surface area contributed by atoms with Gasteiger partial charge in [-0.1, -0.05) is 24.3 Å². The Bertz CT molecular complexity index is 890. The van der Waals surface area contributed by atoms with Gasteiger partial charge in [-0.15, -0.1) is 0 Å². The Morgan fingerprint density at radius 1 is 0.871 bits per heavy atom. The fourth-order valence-electron chi connectivity index (χ4n) is 4.07. The molecule has 0 aromatic heterocycles. The lowest BCUT2D eigenvalue weighted by atomic mass is 9.82. The van der Waals surface area contributed by atoms with Crippen LogP contribution in [0.15, 0.2) is 48.5 Å². The normalized spacial score (nSPS) is 20.6. The van der Waals surface area contributed by atoms with E-state index in [1.807, 2.05) is 4.90 Å². The molecule has 0 aliphatic carbocycles. The fourth-order valence-corrected chi connectivity index (χ4v) is 4.07. The zero-order chi connectivity index (χ0) is 22.8. The minimum Gasteiger partial charge on any atom is -0.481 e. The van der Waals surface area contributed by atoms with Gasteiger partial charge in [0.25, 0.3) is 0 Å². The molecule has 2 unspecified atom stereocenters. The van der Waals surface area contributed by atoms with Crippen molar-refractivity contribution in [3.05, 3.63) is 70.8 Å². The summed E-state index contributed by atoms with van der Waals surface area (Å²) in [6.07, 6.45) is -8.43. The number of halogens is 6. The van der Waals surface area contributed by atoms with Crippen LogP contribution in [0.1, 0.15) is 41.0 Å². The molecule has 3 rings (SSSR count). The van der Waals surface area contributed by atoms with Crippen LogP contribution >= 0.6 is 0 Å². The Morgan fingerprint density at radius 3 is 1.87 bits per heavy atom. The van der Waals surface area contributed by atoms with Crippen LogP contribution in [0.3, 0.4) is 0 Å². The maximum atomic E-state index is 12.8. The lowest BCUT2D eigenvalue weighted by Crippen LogP contribution is -2.39. The quantitative estimate of drug-likeness (QED) is 0.591. The third-order valence-electron chi connectivity index (χ3n) is 5.47. The van der Waals surface area contributed by atoms with Crippen LogP contribution in [-0.4, -0.2) is 29.1 Å². The van der Waals surface area contributed by atoms with E-state index in [-0.39, 0.29) is 18.3 Å². The second kappa shape index (κ2) is 8.90. The van der Waals surface area contributed by atoms with Gasteiger partial charge in [0.15, 0.2) is 0 Å². The number of piperidine rings is 1. The van der Waals surface area contributed by atoms with E-state index in [4.69, 9.17) is 0 Å². The van der Waals surface area contributed by atoms with Crippen LogP contribution in [0.4, 0.5) is 26.3 Å². The molecule has 3 nitrogen and oxygen atoms in total. The van der Waals surface area contributed by atoms with E-state index in [1.165, 1.54) is 24.3 Å². The molecule has 0 radical (unpaired) electrons. The fraction of sp³-hybridized carbons (Fsp3) is 0.409. The summed E-state index contributed by atoms with van der Waals surface area (Å²) in [5.41, 5.74) is -0.173. The molecule has 0 bridgehead atoms. The van der Waals surface area contributed by atoms with E-state index in [9.17, 15) is 36.2 Å². The number of aliphatic carboxylic acids is 1. The van der Waals surface area contributed by atoms with E-state index in [1.54, 1.807) is 0 Å². The topological polar surface area (TPSA) is 40.5 Å². The molecule has 1 fully saturated rings. The third kappa shape index (κ3) is 6.22. The molecule has 1 aliphatic rings. The van der Waals surface area contributed by atoms with Crippen LogP contribution in [-0.2, 0) is 23.7 Å². The molecular formula is C22H21F6NO2. The monoisotopic (exact) mass is 445 g/mol. The molecule has 0 spiro atoms. The number of likely N-dealkylation sites (tertiary alicyclic amines) is 1.